The van der Waals surface area contributed by atoms with Gasteiger partial charge in [-0.05, 0) is 18.2 Å². The summed E-state index contributed by atoms with van der Waals surface area (Å²) in [7, 11) is 0. The second kappa shape index (κ2) is 4.45. The van der Waals surface area contributed by atoms with Gasteiger partial charge in [0.2, 0.25) is 5.88 Å². The zero-order valence-corrected chi connectivity index (χ0v) is 8.53. The van der Waals surface area contributed by atoms with Crippen molar-refractivity contribution < 1.29 is 17.9 Å². The molecule has 87 valence electrons. The third-order valence-corrected chi connectivity index (χ3v) is 1.96. The Morgan fingerprint density at radius 2 is 1.94 bits per heavy atom. The SMILES string of the molecule is FC(F)(F)c1cccnc1Oc1[c]cccc1. The summed E-state index contributed by atoms with van der Waals surface area (Å²) < 4.78 is 42.9. The van der Waals surface area contributed by atoms with Crippen molar-refractivity contribution in [2.45, 2.75) is 6.18 Å². The Labute approximate surface area is 95.7 Å². The van der Waals surface area contributed by atoms with E-state index in [2.05, 4.69) is 11.1 Å². The minimum absolute atomic E-state index is 0.191. The molecule has 17 heavy (non-hydrogen) atoms. The quantitative estimate of drug-likeness (QED) is 0.795. The van der Waals surface area contributed by atoms with Crippen molar-refractivity contribution in [3.05, 3.63) is 54.2 Å². The van der Waals surface area contributed by atoms with Gasteiger partial charge in [-0.3, -0.25) is 0 Å². The third kappa shape index (κ3) is 2.75. The van der Waals surface area contributed by atoms with Crippen LogP contribution in [0.4, 0.5) is 13.2 Å². The molecule has 0 spiro atoms. The predicted octanol–water partition coefficient (Wildman–Crippen LogP) is 3.69. The summed E-state index contributed by atoms with van der Waals surface area (Å²) in [5, 5.41) is 0. The van der Waals surface area contributed by atoms with Crippen LogP contribution in [0.5, 0.6) is 11.6 Å². The molecule has 0 aliphatic rings. The smallest absolute Gasteiger partial charge is 0.421 e. The molecular weight excluding hydrogens is 231 g/mol. The van der Waals surface area contributed by atoms with E-state index in [9.17, 15) is 13.2 Å². The Kier molecular flexibility index (Phi) is 2.99. The lowest BCUT2D eigenvalue weighted by atomic mass is 10.2. The van der Waals surface area contributed by atoms with Crippen molar-refractivity contribution in [1.29, 1.82) is 0 Å². The first kappa shape index (κ1) is 11.4. The normalized spacial score (nSPS) is 11.2. The van der Waals surface area contributed by atoms with Gasteiger partial charge in [0.05, 0.1) is 0 Å². The molecule has 0 bridgehead atoms. The first-order valence-electron chi connectivity index (χ1n) is 4.74. The van der Waals surface area contributed by atoms with Gasteiger partial charge in [0.1, 0.15) is 11.3 Å². The lowest BCUT2D eigenvalue weighted by Gasteiger charge is -2.11. The Morgan fingerprint density at radius 1 is 1.12 bits per heavy atom. The summed E-state index contributed by atoms with van der Waals surface area (Å²) in [5.41, 5.74) is -0.905. The maximum absolute atomic E-state index is 12.6. The van der Waals surface area contributed by atoms with Crippen LogP contribution in [0, 0.1) is 6.07 Å². The van der Waals surface area contributed by atoms with E-state index in [1.807, 2.05) is 0 Å². The van der Waals surface area contributed by atoms with Crippen LogP contribution < -0.4 is 4.74 Å². The maximum atomic E-state index is 12.6. The van der Waals surface area contributed by atoms with Gasteiger partial charge in [-0.1, -0.05) is 18.2 Å². The van der Waals surface area contributed by atoms with Crippen LogP contribution in [0.15, 0.2) is 42.6 Å². The van der Waals surface area contributed by atoms with Gasteiger partial charge in [-0.15, -0.1) is 0 Å². The van der Waals surface area contributed by atoms with Crippen molar-refractivity contribution in [2.75, 3.05) is 0 Å². The number of aromatic nitrogens is 1. The highest BCUT2D eigenvalue weighted by molar-refractivity contribution is 5.33. The van der Waals surface area contributed by atoms with Crippen LogP contribution in [0.25, 0.3) is 0 Å². The Hall–Kier alpha value is -2.04. The van der Waals surface area contributed by atoms with Crippen molar-refractivity contribution in [3.63, 3.8) is 0 Å². The summed E-state index contributed by atoms with van der Waals surface area (Å²) >= 11 is 0. The topological polar surface area (TPSA) is 22.1 Å². The summed E-state index contributed by atoms with van der Waals surface area (Å²) in [6, 6.07) is 11.2. The van der Waals surface area contributed by atoms with E-state index in [-0.39, 0.29) is 5.75 Å². The van der Waals surface area contributed by atoms with Gasteiger partial charge in [0.15, 0.2) is 0 Å². The zero-order chi connectivity index (χ0) is 12.3. The average molecular weight is 238 g/mol. The fourth-order valence-electron chi connectivity index (χ4n) is 1.23. The number of nitrogens with zero attached hydrogens (tertiary/aromatic N) is 1. The van der Waals surface area contributed by atoms with Gasteiger partial charge in [-0.2, -0.15) is 13.2 Å². The minimum atomic E-state index is -4.49. The van der Waals surface area contributed by atoms with Crippen LogP contribution in [-0.2, 0) is 6.18 Å². The van der Waals surface area contributed by atoms with Crippen molar-refractivity contribution in [3.8, 4) is 11.6 Å². The van der Waals surface area contributed by atoms with Crippen molar-refractivity contribution in [2.24, 2.45) is 0 Å². The number of hydrogen-bond donors (Lipinski definition) is 0. The van der Waals surface area contributed by atoms with E-state index in [4.69, 9.17) is 4.74 Å². The molecule has 2 nitrogen and oxygen atoms in total. The second-order valence-corrected chi connectivity index (χ2v) is 3.18. The summed E-state index contributed by atoms with van der Waals surface area (Å²) in [5.74, 6) is -0.279. The molecule has 2 rings (SSSR count). The highest BCUT2D eigenvalue weighted by atomic mass is 19.4. The monoisotopic (exact) mass is 238 g/mol. The molecule has 0 amide bonds. The Balaban J connectivity index is 2.34. The lowest BCUT2D eigenvalue weighted by molar-refractivity contribution is -0.138. The van der Waals surface area contributed by atoms with Gasteiger partial charge >= 0.3 is 6.18 Å². The Morgan fingerprint density at radius 3 is 2.59 bits per heavy atom. The number of pyridine rings is 1. The number of benzene rings is 1. The largest absolute Gasteiger partial charge is 0.438 e. The van der Waals surface area contributed by atoms with E-state index in [1.54, 1.807) is 18.2 Å². The van der Waals surface area contributed by atoms with E-state index >= 15 is 0 Å². The minimum Gasteiger partial charge on any atom is -0.438 e. The molecule has 0 unspecified atom stereocenters. The molecule has 1 radical (unpaired) electrons. The molecule has 1 aromatic carbocycles. The molecular formula is C12H7F3NO. The molecule has 1 heterocycles. The van der Waals surface area contributed by atoms with Crippen molar-refractivity contribution >= 4 is 0 Å². The van der Waals surface area contributed by atoms with Crippen LogP contribution in [0.1, 0.15) is 5.56 Å². The predicted molar refractivity (Wildman–Crippen MR) is 54.6 cm³/mol. The van der Waals surface area contributed by atoms with Gasteiger partial charge < -0.3 is 4.74 Å². The van der Waals surface area contributed by atoms with E-state index in [1.165, 1.54) is 18.3 Å². The van der Waals surface area contributed by atoms with E-state index in [0.29, 0.717) is 0 Å². The molecule has 0 aliphatic heterocycles. The second-order valence-electron chi connectivity index (χ2n) is 3.18. The highest BCUT2D eigenvalue weighted by Crippen LogP contribution is 2.36. The number of alkyl halides is 3. The maximum Gasteiger partial charge on any atom is 0.421 e. The summed E-state index contributed by atoms with van der Waals surface area (Å²) in [6.07, 6.45) is -3.24. The number of halogens is 3. The number of hydrogen-bond acceptors (Lipinski definition) is 2. The highest BCUT2D eigenvalue weighted by Gasteiger charge is 2.35. The standard InChI is InChI=1S/C12H7F3NO/c13-12(14,15)10-7-4-8-16-11(10)17-9-5-2-1-3-6-9/h1-5,7-8H. The first-order valence-corrected chi connectivity index (χ1v) is 4.74. The van der Waals surface area contributed by atoms with Gasteiger partial charge in [0.25, 0.3) is 0 Å². The van der Waals surface area contributed by atoms with Gasteiger partial charge in [-0.25, -0.2) is 4.98 Å². The fraction of sp³-hybridized carbons (Fsp3) is 0.0833. The van der Waals surface area contributed by atoms with Crippen molar-refractivity contribution in [1.82, 2.24) is 4.98 Å². The molecule has 0 atom stereocenters. The van der Waals surface area contributed by atoms with E-state index < -0.39 is 17.6 Å². The van der Waals surface area contributed by atoms with Crippen LogP contribution >= 0.6 is 0 Å². The molecule has 0 saturated carbocycles. The Bertz CT molecular complexity index is 497. The number of rotatable bonds is 2. The molecule has 0 aliphatic carbocycles. The molecule has 0 N–H and O–H groups in total. The summed E-state index contributed by atoms with van der Waals surface area (Å²) in [6.45, 7) is 0. The lowest BCUT2D eigenvalue weighted by Crippen LogP contribution is -2.08. The average Bonchev–Trinajstić information content (AvgIpc) is 2.30. The molecule has 5 heteroatoms. The number of para-hydroxylation sites is 1. The third-order valence-electron chi connectivity index (χ3n) is 1.96. The van der Waals surface area contributed by atoms with Crippen LogP contribution in [0.3, 0.4) is 0 Å². The molecule has 0 saturated heterocycles. The number of ether oxygens (including phenoxy) is 1. The van der Waals surface area contributed by atoms with Gasteiger partial charge in [0, 0.05) is 12.3 Å². The van der Waals surface area contributed by atoms with Crippen LogP contribution in [-0.4, -0.2) is 4.98 Å². The van der Waals surface area contributed by atoms with E-state index in [0.717, 1.165) is 6.07 Å². The molecule has 2 aromatic rings. The summed E-state index contributed by atoms with van der Waals surface area (Å²) in [4.78, 5) is 3.58. The molecule has 1 aromatic heterocycles. The van der Waals surface area contributed by atoms with Crippen LogP contribution in [0.2, 0.25) is 0 Å². The first-order chi connectivity index (χ1) is 8.07. The zero-order valence-electron chi connectivity index (χ0n) is 8.53. The molecule has 0 fully saturated rings. The fourth-order valence-corrected chi connectivity index (χ4v) is 1.23.